The van der Waals surface area contributed by atoms with Crippen molar-refractivity contribution < 1.29 is 14.3 Å². The van der Waals surface area contributed by atoms with Gasteiger partial charge in [0.25, 0.3) is 0 Å². The first-order chi connectivity index (χ1) is 5.20. The third-order valence-electron chi connectivity index (χ3n) is 1.48. The summed E-state index contributed by atoms with van der Waals surface area (Å²) >= 11 is 0. The number of ether oxygens (including phenoxy) is 2. The average molecular weight is 160 g/mol. The summed E-state index contributed by atoms with van der Waals surface area (Å²) in [5.74, 6) is -0.145. The van der Waals surface area contributed by atoms with Crippen LogP contribution >= 0.6 is 0 Å². The van der Waals surface area contributed by atoms with Crippen molar-refractivity contribution in [2.75, 3.05) is 13.7 Å². The largest absolute Gasteiger partial charge is 0.466 e. The number of rotatable bonds is 5. The molecule has 0 radical (unpaired) electrons. The van der Waals surface area contributed by atoms with Gasteiger partial charge in [-0.25, -0.2) is 0 Å². The molecule has 66 valence electrons. The molecule has 3 heteroatoms. The fraction of sp³-hybridized carbons (Fsp3) is 0.875. The van der Waals surface area contributed by atoms with E-state index < -0.39 is 0 Å². The molecule has 0 aromatic carbocycles. The third-order valence-corrected chi connectivity index (χ3v) is 1.48. The summed E-state index contributed by atoms with van der Waals surface area (Å²) in [6.07, 6.45) is 1.38. The number of carbonyl (C=O) groups is 1. The fourth-order valence-corrected chi connectivity index (χ4v) is 0.559. The van der Waals surface area contributed by atoms with E-state index in [4.69, 9.17) is 9.47 Å². The van der Waals surface area contributed by atoms with Gasteiger partial charge in [-0.3, -0.25) is 4.79 Å². The molecule has 11 heavy (non-hydrogen) atoms. The maximum atomic E-state index is 10.6. The molecule has 1 unspecified atom stereocenters. The van der Waals surface area contributed by atoms with Gasteiger partial charge < -0.3 is 9.47 Å². The maximum absolute atomic E-state index is 10.6. The number of hydrogen-bond donors (Lipinski definition) is 0. The molecule has 0 aliphatic heterocycles. The van der Waals surface area contributed by atoms with Crippen LogP contribution in [0.4, 0.5) is 0 Å². The van der Waals surface area contributed by atoms with E-state index >= 15 is 0 Å². The van der Waals surface area contributed by atoms with E-state index in [2.05, 4.69) is 0 Å². The minimum atomic E-state index is -0.145. The molecule has 0 saturated carbocycles. The lowest BCUT2D eigenvalue weighted by atomic mass is 10.3. The standard InChI is InChI=1S/C8H16O3/c1-4-8(9)11-6-5-7(2)10-3/h7H,4-6H2,1-3H3. The maximum Gasteiger partial charge on any atom is 0.305 e. The van der Waals surface area contributed by atoms with Crippen LogP contribution in [0.1, 0.15) is 26.7 Å². The normalized spacial score (nSPS) is 12.6. The number of methoxy groups -OCH3 is 1. The summed E-state index contributed by atoms with van der Waals surface area (Å²) < 4.78 is 9.82. The lowest BCUT2D eigenvalue weighted by Gasteiger charge is -2.08. The Labute approximate surface area is 67.7 Å². The van der Waals surface area contributed by atoms with Gasteiger partial charge >= 0.3 is 5.97 Å². The van der Waals surface area contributed by atoms with Crippen LogP contribution in [0.5, 0.6) is 0 Å². The minimum Gasteiger partial charge on any atom is -0.466 e. The summed E-state index contributed by atoms with van der Waals surface area (Å²) in [5.41, 5.74) is 0. The number of esters is 1. The first-order valence-corrected chi connectivity index (χ1v) is 3.89. The zero-order valence-corrected chi connectivity index (χ0v) is 7.42. The molecule has 0 fully saturated rings. The molecular formula is C8H16O3. The Morgan fingerprint density at radius 3 is 2.64 bits per heavy atom. The molecule has 0 saturated heterocycles. The van der Waals surface area contributed by atoms with Crippen LogP contribution in [-0.2, 0) is 14.3 Å². The molecule has 0 aromatic heterocycles. The Balaban J connectivity index is 3.20. The lowest BCUT2D eigenvalue weighted by Crippen LogP contribution is -2.11. The molecular weight excluding hydrogens is 144 g/mol. The van der Waals surface area contributed by atoms with Crippen molar-refractivity contribution in [2.24, 2.45) is 0 Å². The monoisotopic (exact) mass is 160 g/mol. The summed E-state index contributed by atoms with van der Waals surface area (Å²) in [7, 11) is 1.65. The predicted molar refractivity (Wildman–Crippen MR) is 42.3 cm³/mol. The Kier molecular flexibility index (Phi) is 5.84. The summed E-state index contributed by atoms with van der Waals surface area (Å²) in [6.45, 7) is 4.18. The van der Waals surface area contributed by atoms with Crippen molar-refractivity contribution in [3.63, 3.8) is 0 Å². The van der Waals surface area contributed by atoms with Gasteiger partial charge in [0.1, 0.15) is 0 Å². The van der Waals surface area contributed by atoms with E-state index in [9.17, 15) is 4.79 Å². The van der Waals surface area contributed by atoms with Crippen molar-refractivity contribution in [2.45, 2.75) is 32.8 Å². The van der Waals surface area contributed by atoms with E-state index in [0.717, 1.165) is 6.42 Å². The highest BCUT2D eigenvalue weighted by Gasteiger charge is 2.01. The third kappa shape index (κ3) is 5.85. The van der Waals surface area contributed by atoms with Crippen LogP contribution in [-0.4, -0.2) is 25.8 Å². The SMILES string of the molecule is CCC(=O)OCCC(C)OC. The molecule has 0 N–H and O–H groups in total. The van der Waals surface area contributed by atoms with E-state index in [1.807, 2.05) is 6.92 Å². The van der Waals surface area contributed by atoms with Gasteiger partial charge in [0.2, 0.25) is 0 Å². The van der Waals surface area contributed by atoms with Gasteiger partial charge in [-0.15, -0.1) is 0 Å². The topological polar surface area (TPSA) is 35.5 Å². The first kappa shape index (κ1) is 10.4. The highest BCUT2D eigenvalue weighted by Crippen LogP contribution is 1.96. The van der Waals surface area contributed by atoms with E-state index in [-0.39, 0.29) is 12.1 Å². The molecule has 0 bridgehead atoms. The van der Waals surface area contributed by atoms with Crippen LogP contribution in [0, 0.1) is 0 Å². The van der Waals surface area contributed by atoms with Gasteiger partial charge in [-0.05, 0) is 6.92 Å². The molecule has 0 aliphatic rings. The number of hydrogen-bond acceptors (Lipinski definition) is 3. The Morgan fingerprint density at radius 2 is 2.18 bits per heavy atom. The summed E-state index contributed by atoms with van der Waals surface area (Å²) in [6, 6.07) is 0. The molecule has 0 rings (SSSR count). The smallest absolute Gasteiger partial charge is 0.305 e. The quantitative estimate of drug-likeness (QED) is 0.570. The van der Waals surface area contributed by atoms with Crippen LogP contribution in [0.2, 0.25) is 0 Å². The molecule has 0 heterocycles. The van der Waals surface area contributed by atoms with Crippen molar-refractivity contribution in [1.82, 2.24) is 0 Å². The van der Waals surface area contributed by atoms with Crippen molar-refractivity contribution in [3.05, 3.63) is 0 Å². The molecule has 3 nitrogen and oxygen atoms in total. The van der Waals surface area contributed by atoms with E-state index in [0.29, 0.717) is 13.0 Å². The van der Waals surface area contributed by atoms with Crippen molar-refractivity contribution >= 4 is 5.97 Å². The van der Waals surface area contributed by atoms with Crippen LogP contribution < -0.4 is 0 Å². The van der Waals surface area contributed by atoms with Gasteiger partial charge in [-0.1, -0.05) is 6.92 Å². The second kappa shape index (κ2) is 6.16. The minimum absolute atomic E-state index is 0.145. The zero-order chi connectivity index (χ0) is 8.69. The van der Waals surface area contributed by atoms with Crippen molar-refractivity contribution in [1.29, 1.82) is 0 Å². The van der Waals surface area contributed by atoms with Gasteiger partial charge in [0, 0.05) is 20.0 Å². The average Bonchev–Trinajstić information content (AvgIpc) is 2.04. The second-order valence-electron chi connectivity index (χ2n) is 2.41. The molecule has 0 amide bonds. The van der Waals surface area contributed by atoms with Crippen LogP contribution in [0.25, 0.3) is 0 Å². The molecule has 0 aromatic rings. The summed E-state index contributed by atoms with van der Waals surface area (Å²) in [4.78, 5) is 10.6. The molecule has 0 aliphatic carbocycles. The molecule has 1 atom stereocenters. The Bertz CT molecular complexity index is 112. The highest BCUT2D eigenvalue weighted by atomic mass is 16.5. The Hall–Kier alpha value is -0.570. The van der Waals surface area contributed by atoms with Crippen LogP contribution in [0.3, 0.4) is 0 Å². The lowest BCUT2D eigenvalue weighted by molar-refractivity contribution is -0.143. The Morgan fingerprint density at radius 1 is 1.55 bits per heavy atom. The summed E-state index contributed by atoms with van der Waals surface area (Å²) in [5, 5.41) is 0. The zero-order valence-electron chi connectivity index (χ0n) is 7.42. The predicted octanol–water partition coefficient (Wildman–Crippen LogP) is 1.36. The fourth-order valence-electron chi connectivity index (χ4n) is 0.559. The van der Waals surface area contributed by atoms with Gasteiger partial charge in [0.15, 0.2) is 0 Å². The van der Waals surface area contributed by atoms with Crippen LogP contribution in [0.15, 0.2) is 0 Å². The number of carbonyl (C=O) groups excluding carboxylic acids is 1. The van der Waals surface area contributed by atoms with E-state index in [1.54, 1.807) is 14.0 Å². The highest BCUT2D eigenvalue weighted by molar-refractivity contribution is 5.68. The molecule has 0 spiro atoms. The first-order valence-electron chi connectivity index (χ1n) is 3.89. The van der Waals surface area contributed by atoms with Gasteiger partial charge in [-0.2, -0.15) is 0 Å². The van der Waals surface area contributed by atoms with Crippen molar-refractivity contribution in [3.8, 4) is 0 Å². The van der Waals surface area contributed by atoms with Gasteiger partial charge in [0.05, 0.1) is 12.7 Å². The second-order valence-corrected chi connectivity index (χ2v) is 2.41. The van der Waals surface area contributed by atoms with E-state index in [1.165, 1.54) is 0 Å².